The lowest BCUT2D eigenvalue weighted by Crippen LogP contribution is -2.36. The average Bonchev–Trinajstić information content (AvgIpc) is 2.38. The number of sulfonamides is 1. The largest absolute Gasteiger partial charge is 0.306 e. The molecule has 0 unspecified atom stereocenters. The fraction of sp³-hybridized carbons (Fsp3) is 0.538. The lowest BCUT2D eigenvalue weighted by molar-refractivity contribution is 0.220. The van der Waals surface area contributed by atoms with E-state index in [9.17, 15) is 8.42 Å². The molecule has 1 aromatic rings. The van der Waals surface area contributed by atoms with Crippen molar-refractivity contribution < 1.29 is 8.42 Å². The minimum Gasteiger partial charge on any atom is -0.306 e. The van der Waals surface area contributed by atoms with E-state index in [1.165, 1.54) is 6.07 Å². The molecule has 0 aliphatic carbocycles. The Hall–Kier alpha value is -0.620. The number of hydrogen-bond acceptors (Lipinski definition) is 3. The van der Waals surface area contributed by atoms with Gasteiger partial charge in [-0.05, 0) is 57.1 Å². The van der Waals surface area contributed by atoms with Gasteiger partial charge in [0.1, 0.15) is 0 Å². The maximum atomic E-state index is 12.1. The fourth-order valence-corrected chi connectivity index (χ4v) is 3.63. The predicted molar refractivity (Wildman–Crippen MR) is 76.9 cm³/mol. The van der Waals surface area contributed by atoms with Crippen LogP contribution in [0.4, 0.5) is 0 Å². The Morgan fingerprint density at radius 1 is 1.37 bits per heavy atom. The lowest BCUT2D eigenvalue weighted by Gasteiger charge is -2.28. The molecular formula is C13H19ClN2O2S. The van der Waals surface area contributed by atoms with Gasteiger partial charge in [-0.2, -0.15) is 0 Å². The van der Waals surface area contributed by atoms with Crippen molar-refractivity contribution in [3.05, 3.63) is 29.3 Å². The van der Waals surface area contributed by atoms with E-state index in [1.807, 2.05) is 0 Å². The molecule has 1 aliphatic heterocycles. The number of hydrogen-bond donors (Lipinski definition) is 1. The minimum atomic E-state index is -3.44. The second-order valence-electron chi connectivity index (χ2n) is 5.06. The Labute approximate surface area is 119 Å². The van der Waals surface area contributed by atoms with Gasteiger partial charge in [-0.3, -0.25) is 0 Å². The van der Waals surface area contributed by atoms with Crippen LogP contribution in [0.25, 0.3) is 0 Å². The number of rotatable bonds is 4. The third kappa shape index (κ3) is 4.18. The molecule has 0 radical (unpaired) electrons. The Morgan fingerprint density at radius 2 is 2.05 bits per heavy atom. The highest BCUT2D eigenvalue weighted by molar-refractivity contribution is 7.89. The summed E-state index contributed by atoms with van der Waals surface area (Å²) in [6, 6.07) is 6.34. The summed E-state index contributed by atoms with van der Waals surface area (Å²) in [5.41, 5.74) is 0. The minimum absolute atomic E-state index is 0.230. The van der Waals surface area contributed by atoms with Gasteiger partial charge in [0.15, 0.2) is 0 Å². The maximum absolute atomic E-state index is 12.1. The first-order valence-electron chi connectivity index (χ1n) is 6.41. The van der Waals surface area contributed by atoms with Gasteiger partial charge >= 0.3 is 0 Å². The van der Waals surface area contributed by atoms with Crippen LogP contribution in [-0.2, 0) is 10.0 Å². The summed E-state index contributed by atoms with van der Waals surface area (Å²) < 4.78 is 26.9. The third-order valence-corrected chi connectivity index (χ3v) is 5.16. The van der Waals surface area contributed by atoms with E-state index in [4.69, 9.17) is 11.6 Å². The van der Waals surface area contributed by atoms with E-state index >= 15 is 0 Å². The Bertz CT molecular complexity index is 525. The second-order valence-corrected chi connectivity index (χ2v) is 7.26. The number of piperidine rings is 1. The van der Waals surface area contributed by atoms with Crippen molar-refractivity contribution in [1.29, 1.82) is 0 Å². The molecule has 19 heavy (non-hydrogen) atoms. The molecule has 0 atom stereocenters. The molecule has 0 aromatic heterocycles. The van der Waals surface area contributed by atoms with E-state index in [1.54, 1.807) is 18.2 Å². The molecule has 1 aromatic carbocycles. The number of benzene rings is 1. The van der Waals surface area contributed by atoms with E-state index in [0.29, 0.717) is 17.5 Å². The summed E-state index contributed by atoms with van der Waals surface area (Å²) in [4.78, 5) is 2.50. The first kappa shape index (κ1) is 14.8. The molecule has 1 fully saturated rings. The molecule has 4 nitrogen and oxygen atoms in total. The number of halogens is 1. The molecule has 106 valence electrons. The van der Waals surface area contributed by atoms with Crippen LogP contribution >= 0.6 is 11.6 Å². The Morgan fingerprint density at radius 3 is 2.68 bits per heavy atom. The van der Waals surface area contributed by atoms with Crippen LogP contribution in [0.5, 0.6) is 0 Å². The highest BCUT2D eigenvalue weighted by atomic mass is 35.5. The zero-order valence-corrected chi connectivity index (χ0v) is 12.5. The summed E-state index contributed by atoms with van der Waals surface area (Å²) in [6.07, 6.45) is 2.07. The molecule has 0 saturated carbocycles. The number of nitrogens with one attached hydrogen (secondary N) is 1. The molecule has 1 heterocycles. The normalized spacial score (nSPS) is 18.6. The van der Waals surface area contributed by atoms with Crippen LogP contribution in [0, 0.1) is 5.92 Å². The lowest BCUT2D eigenvalue weighted by atomic mass is 9.98. The SMILES string of the molecule is CN1CCC(CNS(=O)(=O)c2cccc(Cl)c2)CC1. The molecule has 0 amide bonds. The Balaban J connectivity index is 1.95. The number of likely N-dealkylation sites (tertiary alicyclic amines) is 1. The molecule has 2 rings (SSSR count). The van der Waals surface area contributed by atoms with E-state index in [-0.39, 0.29) is 4.90 Å². The summed E-state index contributed by atoms with van der Waals surface area (Å²) in [5.74, 6) is 0.421. The summed E-state index contributed by atoms with van der Waals surface area (Å²) >= 11 is 5.82. The van der Waals surface area contributed by atoms with Gasteiger partial charge in [0.05, 0.1) is 4.90 Å². The zero-order chi connectivity index (χ0) is 13.9. The topological polar surface area (TPSA) is 49.4 Å². The molecule has 1 saturated heterocycles. The van der Waals surface area contributed by atoms with Crippen molar-refractivity contribution in [2.75, 3.05) is 26.7 Å². The van der Waals surface area contributed by atoms with Crippen molar-refractivity contribution in [3.8, 4) is 0 Å². The van der Waals surface area contributed by atoms with Crippen molar-refractivity contribution in [1.82, 2.24) is 9.62 Å². The standard InChI is InChI=1S/C13H19ClN2O2S/c1-16-7-5-11(6-8-16)10-15-19(17,18)13-4-2-3-12(14)9-13/h2-4,9,11,15H,5-8,10H2,1H3. The number of nitrogens with zero attached hydrogens (tertiary/aromatic N) is 1. The van der Waals surface area contributed by atoms with E-state index in [2.05, 4.69) is 16.7 Å². The molecule has 1 N–H and O–H groups in total. The van der Waals surface area contributed by atoms with Crippen LogP contribution in [0.1, 0.15) is 12.8 Å². The average molecular weight is 303 g/mol. The second kappa shape index (κ2) is 6.22. The van der Waals surface area contributed by atoms with Crippen molar-refractivity contribution >= 4 is 21.6 Å². The van der Waals surface area contributed by atoms with Crippen LogP contribution < -0.4 is 4.72 Å². The van der Waals surface area contributed by atoms with Crippen LogP contribution in [-0.4, -0.2) is 40.0 Å². The molecule has 1 aliphatic rings. The molecule has 6 heteroatoms. The van der Waals surface area contributed by atoms with Gasteiger partial charge < -0.3 is 4.90 Å². The van der Waals surface area contributed by atoms with Crippen LogP contribution in [0.15, 0.2) is 29.2 Å². The first-order chi connectivity index (χ1) is 8.97. The van der Waals surface area contributed by atoms with Gasteiger partial charge in [0, 0.05) is 11.6 Å². The quantitative estimate of drug-likeness (QED) is 0.925. The van der Waals surface area contributed by atoms with Crippen molar-refractivity contribution in [2.45, 2.75) is 17.7 Å². The van der Waals surface area contributed by atoms with E-state index < -0.39 is 10.0 Å². The van der Waals surface area contributed by atoms with E-state index in [0.717, 1.165) is 25.9 Å². The van der Waals surface area contributed by atoms with Gasteiger partial charge in [-0.1, -0.05) is 17.7 Å². The first-order valence-corrected chi connectivity index (χ1v) is 8.27. The highest BCUT2D eigenvalue weighted by Gasteiger charge is 2.20. The van der Waals surface area contributed by atoms with Crippen LogP contribution in [0.2, 0.25) is 5.02 Å². The van der Waals surface area contributed by atoms with Gasteiger partial charge in [0.25, 0.3) is 0 Å². The summed E-state index contributed by atoms with van der Waals surface area (Å²) in [6.45, 7) is 2.57. The monoisotopic (exact) mass is 302 g/mol. The van der Waals surface area contributed by atoms with Gasteiger partial charge in [0.2, 0.25) is 10.0 Å². The Kier molecular flexibility index (Phi) is 4.84. The fourth-order valence-electron chi connectivity index (χ4n) is 2.21. The highest BCUT2D eigenvalue weighted by Crippen LogP contribution is 2.18. The van der Waals surface area contributed by atoms with Crippen LogP contribution in [0.3, 0.4) is 0 Å². The molecular weight excluding hydrogens is 284 g/mol. The summed E-state index contributed by atoms with van der Waals surface area (Å²) in [7, 11) is -1.35. The third-order valence-electron chi connectivity index (χ3n) is 3.51. The van der Waals surface area contributed by atoms with Crippen molar-refractivity contribution in [2.24, 2.45) is 5.92 Å². The predicted octanol–water partition coefficient (Wildman–Crippen LogP) is 1.96. The van der Waals surface area contributed by atoms with Crippen molar-refractivity contribution in [3.63, 3.8) is 0 Å². The maximum Gasteiger partial charge on any atom is 0.240 e. The smallest absolute Gasteiger partial charge is 0.240 e. The molecule has 0 spiro atoms. The zero-order valence-electron chi connectivity index (χ0n) is 11.0. The summed E-state index contributed by atoms with van der Waals surface area (Å²) in [5, 5.41) is 0.433. The van der Waals surface area contributed by atoms with Gasteiger partial charge in [-0.25, -0.2) is 13.1 Å². The van der Waals surface area contributed by atoms with Gasteiger partial charge in [-0.15, -0.1) is 0 Å². The molecule has 0 bridgehead atoms.